The first kappa shape index (κ1) is 16.5. The normalized spacial score (nSPS) is 16.1. The molecule has 0 aromatic carbocycles. The monoisotopic (exact) mass is 338 g/mol. The Balaban J connectivity index is 2.15. The minimum absolute atomic E-state index is 0.152. The van der Waals surface area contributed by atoms with Crippen molar-refractivity contribution in [1.29, 1.82) is 0 Å². The topological polar surface area (TPSA) is 71.3 Å². The van der Waals surface area contributed by atoms with Crippen molar-refractivity contribution in [1.82, 2.24) is 15.2 Å². The van der Waals surface area contributed by atoms with E-state index < -0.39 is 0 Å². The molecule has 1 aromatic heterocycles. The summed E-state index contributed by atoms with van der Waals surface area (Å²) in [4.78, 5) is 16.9. The Labute approximate surface area is 138 Å². The average molecular weight is 339 g/mol. The van der Waals surface area contributed by atoms with Gasteiger partial charge in [0, 0.05) is 25.8 Å². The second-order valence-corrected chi connectivity index (χ2v) is 5.96. The molecule has 0 amide bonds. The quantitative estimate of drug-likeness (QED) is 0.281. The molecule has 1 fully saturated rings. The minimum atomic E-state index is -0.343. The van der Waals surface area contributed by atoms with E-state index in [0.29, 0.717) is 36.4 Å². The molecule has 1 aromatic rings. The number of nitro groups is 1. The standard InChI is InChI=1S/C14H15ClN4O2S/c1-2-7-22-10-12(19(20)21)14-16-5-6-18(14)9-11-3-4-13(15)17-8-11/h1,3-4,8,16H,5-7,9-10H2. The van der Waals surface area contributed by atoms with Crippen LogP contribution in [0.3, 0.4) is 0 Å². The van der Waals surface area contributed by atoms with E-state index in [1.165, 1.54) is 11.8 Å². The lowest BCUT2D eigenvalue weighted by atomic mass is 10.2. The van der Waals surface area contributed by atoms with Gasteiger partial charge in [0.2, 0.25) is 0 Å². The first-order valence-electron chi connectivity index (χ1n) is 6.60. The highest BCUT2D eigenvalue weighted by atomic mass is 35.5. The van der Waals surface area contributed by atoms with Crippen LogP contribution in [-0.2, 0) is 6.54 Å². The molecule has 0 radical (unpaired) electrons. The number of thioether (sulfide) groups is 1. The van der Waals surface area contributed by atoms with Crippen LogP contribution >= 0.6 is 23.4 Å². The summed E-state index contributed by atoms with van der Waals surface area (Å²) in [5.74, 6) is 3.75. The minimum Gasteiger partial charge on any atom is -0.365 e. The van der Waals surface area contributed by atoms with Crippen molar-refractivity contribution in [2.75, 3.05) is 24.6 Å². The molecule has 0 aliphatic carbocycles. The third-order valence-electron chi connectivity index (χ3n) is 3.07. The zero-order valence-corrected chi connectivity index (χ0v) is 13.4. The lowest BCUT2D eigenvalue weighted by Gasteiger charge is -2.18. The summed E-state index contributed by atoms with van der Waals surface area (Å²) in [6, 6.07) is 3.57. The number of terminal acetylenes is 1. The van der Waals surface area contributed by atoms with Crippen molar-refractivity contribution in [3.8, 4) is 12.3 Å². The highest BCUT2D eigenvalue weighted by Gasteiger charge is 2.27. The summed E-state index contributed by atoms with van der Waals surface area (Å²) < 4.78 is 0. The van der Waals surface area contributed by atoms with Gasteiger partial charge in [-0.1, -0.05) is 23.6 Å². The predicted octanol–water partition coefficient (Wildman–Crippen LogP) is 1.95. The van der Waals surface area contributed by atoms with Crippen molar-refractivity contribution in [2.24, 2.45) is 0 Å². The molecule has 2 heterocycles. The van der Waals surface area contributed by atoms with Gasteiger partial charge in [0.15, 0.2) is 5.82 Å². The van der Waals surface area contributed by atoms with Crippen molar-refractivity contribution in [2.45, 2.75) is 6.54 Å². The van der Waals surface area contributed by atoms with Crippen molar-refractivity contribution < 1.29 is 4.92 Å². The molecule has 0 unspecified atom stereocenters. The van der Waals surface area contributed by atoms with E-state index in [9.17, 15) is 10.1 Å². The Morgan fingerprint density at radius 1 is 1.64 bits per heavy atom. The number of aromatic nitrogens is 1. The highest BCUT2D eigenvalue weighted by molar-refractivity contribution is 7.99. The summed E-state index contributed by atoms with van der Waals surface area (Å²) in [5.41, 5.74) is 1.10. The van der Waals surface area contributed by atoms with Crippen LogP contribution in [-0.4, -0.2) is 39.4 Å². The maximum Gasteiger partial charge on any atom is 0.295 e. The maximum atomic E-state index is 11.3. The lowest BCUT2D eigenvalue weighted by molar-refractivity contribution is -0.425. The molecule has 8 heteroatoms. The van der Waals surface area contributed by atoms with Crippen LogP contribution in [0.4, 0.5) is 0 Å². The summed E-state index contributed by atoms with van der Waals surface area (Å²) in [6.07, 6.45) is 6.86. The van der Waals surface area contributed by atoms with Crippen LogP contribution in [0.25, 0.3) is 0 Å². The smallest absolute Gasteiger partial charge is 0.295 e. The second-order valence-electron chi connectivity index (χ2n) is 4.59. The molecule has 22 heavy (non-hydrogen) atoms. The Hall–Kier alpha value is -1.91. The number of rotatable bonds is 6. The number of nitrogens with zero attached hydrogens (tertiary/aromatic N) is 3. The number of hydrogen-bond donors (Lipinski definition) is 1. The largest absolute Gasteiger partial charge is 0.365 e. The molecule has 116 valence electrons. The molecule has 1 N–H and O–H groups in total. The molecule has 2 rings (SSSR count). The van der Waals surface area contributed by atoms with Gasteiger partial charge in [-0.05, 0) is 11.6 Å². The first-order chi connectivity index (χ1) is 10.6. The van der Waals surface area contributed by atoms with E-state index in [4.69, 9.17) is 18.0 Å². The fourth-order valence-electron chi connectivity index (χ4n) is 2.11. The fourth-order valence-corrected chi connectivity index (χ4v) is 2.88. The van der Waals surface area contributed by atoms with Crippen LogP contribution in [0.2, 0.25) is 5.15 Å². The summed E-state index contributed by atoms with van der Waals surface area (Å²) >= 11 is 7.12. The van der Waals surface area contributed by atoms with E-state index in [-0.39, 0.29) is 16.4 Å². The number of nitrogens with one attached hydrogen (secondary N) is 1. The SMILES string of the molecule is C#CCSCC(=C1NCCN1Cc1ccc(Cl)nc1)[N+](=O)[O-]. The van der Waals surface area contributed by atoms with Crippen molar-refractivity contribution >= 4 is 23.4 Å². The summed E-state index contributed by atoms with van der Waals surface area (Å²) in [5, 5.41) is 14.8. The number of pyridine rings is 1. The van der Waals surface area contributed by atoms with Gasteiger partial charge in [-0.2, -0.15) is 0 Å². The Bertz CT molecular complexity index is 612. The lowest BCUT2D eigenvalue weighted by Crippen LogP contribution is -2.24. The van der Waals surface area contributed by atoms with E-state index >= 15 is 0 Å². The van der Waals surface area contributed by atoms with E-state index in [1.54, 1.807) is 12.3 Å². The molecule has 0 spiro atoms. The average Bonchev–Trinajstić information content (AvgIpc) is 2.93. The van der Waals surface area contributed by atoms with Gasteiger partial charge in [-0.15, -0.1) is 18.2 Å². The van der Waals surface area contributed by atoms with Gasteiger partial charge < -0.3 is 10.2 Å². The van der Waals surface area contributed by atoms with Crippen LogP contribution in [0, 0.1) is 22.5 Å². The van der Waals surface area contributed by atoms with E-state index in [2.05, 4.69) is 16.2 Å². The fraction of sp³-hybridized carbons (Fsp3) is 0.357. The Kier molecular flexibility index (Phi) is 5.92. The molecule has 1 saturated heterocycles. The molecule has 1 aliphatic rings. The zero-order valence-electron chi connectivity index (χ0n) is 11.8. The van der Waals surface area contributed by atoms with Gasteiger partial charge in [-0.25, -0.2) is 4.98 Å². The number of hydrogen-bond acceptors (Lipinski definition) is 6. The molecule has 0 saturated carbocycles. The highest BCUT2D eigenvalue weighted by Crippen LogP contribution is 2.20. The van der Waals surface area contributed by atoms with Crippen LogP contribution in [0.15, 0.2) is 29.8 Å². The van der Waals surface area contributed by atoms with Crippen LogP contribution < -0.4 is 5.32 Å². The Morgan fingerprint density at radius 2 is 2.45 bits per heavy atom. The summed E-state index contributed by atoms with van der Waals surface area (Å²) in [7, 11) is 0. The van der Waals surface area contributed by atoms with Gasteiger partial charge in [0.05, 0.1) is 16.4 Å². The first-order valence-corrected chi connectivity index (χ1v) is 8.13. The second kappa shape index (κ2) is 7.92. The van der Waals surface area contributed by atoms with E-state index in [1.807, 2.05) is 11.0 Å². The van der Waals surface area contributed by atoms with Crippen LogP contribution in [0.5, 0.6) is 0 Å². The molecule has 1 aliphatic heterocycles. The molecular weight excluding hydrogens is 324 g/mol. The van der Waals surface area contributed by atoms with Crippen molar-refractivity contribution in [3.05, 3.63) is 50.7 Å². The third-order valence-corrected chi connectivity index (χ3v) is 4.14. The zero-order chi connectivity index (χ0) is 15.9. The third kappa shape index (κ3) is 4.29. The molecule has 6 nitrogen and oxygen atoms in total. The van der Waals surface area contributed by atoms with E-state index in [0.717, 1.165) is 5.56 Å². The van der Waals surface area contributed by atoms with Gasteiger partial charge in [0.25, 0.3) is 5.70 Å². The maximum absolute atomic E-state index is 11.3. The number of halogens is 1. The molecular formula is C14H15ClN4O2S. The van der Waals surface area contributed by atoms with Crippen molar-refractivity contribution in [3.63, 3.8) is 0 Å². The predicted molar refractivity (Wildman–Crippen MR) is 87.8 cm³/mol. The van der Waals surface area contributed by atoms with Gasteiger partial charge in [-0.3, -0.25) is 10.1 Å². The molecule has 0 bridgehead atoms. The van der Waals surface area contributed by atoms with Gasteiger partial charge >= 0.3 is 0 Å². The molecule has 0 atom stereocenters. The van der Waals surface area contributed by atoms with Gasteiger partial charge in [0.1, 0.15) is 5.15 Å². The van der Waals surface area contributed by atoms with Crippen LogP contribution in [0.1, 0.15) is 5.56 Å². The Morgan fingerprint density at radius 3 is 3.09 bits per heavy atom. The summed E-state index contributed by atoms with van der Waals surface area (Å²) in [6.45, 7) is 1.92.